The summed E-state index contributed by atoms with van der Waals surface area (Å²) in [4.78, 5) is 2.49. The number of rotatable bonds is 6. The van der Waals surface area contributed by atoms with Crippen molar-refractivity contribution in [3.8, 4) is 5.75 Å². The molecule has 1 atom stereocenters. The molecule has 0 spiro atoms. The number of nitrogens with one attached hydrogen (secondary N) is 1. The highest BCUT2D eigenvalue weighted by Crippen LogP contribution is 2.15. The first-order valence-electron chi connectivity index (χ1n) is 6.86. The minimum absolute atomic E-state index is 0.790. The van der Waals surface area contributed by atoms with Crippen molar-refractivity contribution in [1.29, 1.82) is 0 Å². The Morgan fingerprint density at radius 2 is 2.11 bits per heavy atom. The molecule has 0 aromatic heterocycles. The molecule has 0 aliphatic carbocycles. The molecule has 1 aliphatic heterocycles. The van der Waals surface area contributed by atoms with E-state index in [1.165, 1.54) is 25.1 Å². The number of hydrogen-bond acceptors (Lipinski definition) is 3. The molecule has 0 bridgehead atoms. The van der Waals surface area contributed by atoms with Gasteiger partial charge in [0, 0.05) is 19.6 Å². The first kappa shape index (κ1) is 13.4. The van der Waals surface area contributed by atoms with Crippen molar-refractivity contribution in [2.75, 3.05) is 33.3 Å². The van der Waals surface area contributed by atoms with E-state index in [0.29, 0.717) is 0 Å². The predicted octanol–water partition coefficient (Wildman–Crippen LogP) is 2.13. The maximum atomic E-state index is 5.77. The zero-order chi connectivity index (χ0) is 12.8. The smallest absolute Gasteiger partial charge is 0.119 e. The van der Waals surface area contributed by atoms with Gasteiger partial charge in [-0.3, -0.25) is 4.90 Å². The monoisotopic (exact) mass is 248 g/mol. The molecule has 1 N–H and O–H groups in total. The van der Waals surface area contributed by atoms with Crippen molar-refractivity contribution in [1.82, 2.24) is 10.2 Å². The van der Waals surface area contributed by atoms with Gasteiger partial charge in [0.15, 0.2) is 0 Å². The predicted molar refractivity (Wildman–Crippen MR) is 74.9 cm³/mol. The van der Waals surface area contributed by atoms with Gasteiger partial charge < -0.3 is 10.1 Å². The molecule has 1 saturated heterocycles. The Bertz CT molecular complexity index is 350. The molecule has 1 fully saturated rings. The number of benzene rings is 1. The van der Waals surface area contributed by atoms with Crippen molar-refractivity contribution >= 4 is 0 Å². The highest BCUT2D eigenvalue weighted by Gasteiger charge is 2.17. The molecule has 2 rings (SSSR count). The van der Waals surface area contributed by atoms with Gasteiger partial charge in [-0.1, -0.05) is 19.1 Å². The van der Waals surface area contributed by atoms with E-state index in [9.17, 15) is 0 Å². The van der Waals surface area contributed by atoms with E-state index >= 15 is 0 Å². The molecule has 18 heavy (non-hydrogen) atoms. The van der Waals surface area contributed by atoms with Crippen molar-refractivity contribution in [2.24, 2.45) is 5.92 Å². The Hall–Kier alpha value is -1.06. The van der Waals surface area contributed by atoms with Gasteiger partial charge in [-0.2, -0.15) is 0 Å². The van der Waals surface area contributed by atoms with Crippen LogP contribution in [0.25, 0.3) is 0 Å². The average Bonchev–Trinajstić information content (AvgIpc) is 2.78. The van der Waals surface area contributed by atoms with Gasteiger partial charge in [-0.05, 0) is 43.6 Å². The highest BCUT2D eigenvalue weighted by molar-refractivity contribution is 5.27. The third kappa shape index (κ3) is 4.00. The molecular formula is C15H24N2O. The number of likely N-dealkylation sites (tertiary alicyclic amines) is 1. The maximum absolute atomic E-state index is 5.77. The first-order chi connectivity index (χ1) is 8.78. The van der Waals surface area contributed by atoms with Crippen LogP contribution >= 0.6 is 0 Å². The fourth-order valence-corrected chi connectivity index (χ4v) is 2.43. The summed E-state index contributed by atoms with van der Waals surface area (Å²) in [6.45, 7) is 7.52. The Labute approximate surface area is 110 Å². The first-order valence-corrected chi connectivity index (χ1v) is 6.86. The fourth-order valence-electron chi connectivity index (χ4n) is 2.43. The summed E-state index contributed by atoms with van der Waals surface area (Å²) in [7, 11) is 1.96. The van der Waals surface area contributed by atoms with Crippen LogP contribution in [-0.4, -0.2) is 38.2 Å². The summed E-state index contributed by atoms with van der Waals surface area (Å²) in [6.07, 6.45) is 1.33. The van der Waals surface area contributed by atoms with Gasteiger partial charge in [-0.25, -0.2) is 0 Å². The van der Waals surface area contributed by atoms with Crippen LogP contribution < -0.4 is 10.1 Å². The second-order valence-electron chi connectivity index (χ2n) is 5.22. The van der Waals surface area contributed by atoms with Crippen molar-refractivity contribution < 1.29 is 4.74 Å². The summed E-state index contributed by atoms with van der Waals surface area (Å²) in [6, 6.07) is 8.34. The topological polar surface area (TPSA) is 24.5 Å². The van der Waals surface area contributed by atoms with Crippen LogP contribution in [0.2, 0.25) is 0 Å². The van der Waals surface area contributed by atoms with E-state index in [1.807, 2.05) is 7.05 Å². The largest absolute Gasteiger partial charge is 0.492 e. The Kier molecular flexibility index (Phi) is 5.02. The molecule has 1 aromatic carbocycles. The van der Waals surface area contributed by atoms with E-state index in [4.69, 9.17) is 4.74 Å². The lowest BCUT2D eigenvalue weighted by atomic mass is 10.2. The second kappa shape index (κ2) is 6.76. The van der Waals surface area contributed by atoms with Crippen LogP contribution in [0.15, 0.2) is 24.3 Å². The molecule has 3 heteroatoms. The zero-order valence-corrected chi connectivity index (χ0v) is 11.5. The fraction of sp³-hybridized carbons (Fsp3) is 0.600. The molecule has 3 nitrogen and oxygen atoms in total. The van der Waals surface area contributed by atoms with Gasteiger partial charge in [0.25, 0.3) is 0 Å². The zero-order valence-electron chi connectivity index (χ0n) is 11.5. The van der Waals surface area contributed by atoms with Crippen LogP contribution in [0.1, 0.15) is 18.9 Å². The average molecular weight is 248 g/mol. The Balaban J connectivity index is 1.69. The summed E-state index contributed by atoms with van der Waals surface area (Å²) < 4.78 is 5.77. The second-order valence-corrected chi connectivity index (χ2v) is 5.22. The summed E-state index contributed by atoms with van der Waals surface area (Å²) in [5.41, 5.74) is 1.29. The Morgan fingerprint density at radius 3 is 2.72 bits per heavy atom. The number of ether oxygens (including phenoxy) is 1. The quantitative estimate of drug-likeness (QED) is 0.834. The van der Waals surface area contributed by atoms with E-state index in [2.05, 4.69) is 41.4 Å². The molecule has 1 aromatic rings. The number of hydrogen-bond donors (Lipinski definition) is 1. The van der Waals surface area contributed by atoms with Crippen LogP contribution in [-0.2, 0) is 6.54 Å². The molecule has 100 valence electrons. The van der Waals surface area contributed by atoms with Crippen LogP contribution in [0.3, 0.4) is 0 Å². The highest BCUT2D eigenvalue weighted by atomic mass is 16.5. The minimum Gasteiger partial charge on any atom is -0.492 e. The lowest BCUT2D eigenvalue weighted by molar-refractivity contribution is 0.234. The summed E-state index contributed by atoms with van der Waals surface area (Å²) in [5, 5.41) is 3.14. The van der Waals surface area contributed by atoms with Gasteiger partial charge in [-0.15, -0.1) is 0 Å². The van der Waals surface area contributed by atoms with Crippen LogP contribution in [0.5, 0.6) is 5.75 Å². The lowest BCUT2D eigenvalue weighted by Crippen LogP contribution is -2.25. The maximum Gasteiger partial charge on any atom is 0.119 e. The van der Waals surface area contributed by atoms with Crippen molar-refractivity contribution in [2.45, 2.75) is 19.9 Å². The molecular weight excluding hydrogens is 224 g/mol. The third-order valence-corrected chi connectivity index (χ3v) is 3.49. The van der Waals surface area contributed by atoms with Gasteiger partial charge >= 0.3 is 0 Å². The van der Waals surface area contributed by atoms with Gasteiger partial charge in [0.2, 0.25) is 0 Å². The van der Waals surface area contributed by atoms with Crippen molar-refractivity contribution in [3.63, 3.8) is 0 Å². The van der Waals surface area contributed by atoms with E-state index in [-0.39, 0.29) is 0 Å². The Morgan fingerprint density at radius 1 is 1.33 bits per heavy atom. The van der Waals surface area contributed by atoms with Gasteiger partial charge in [0.05, 0.1) is 0 Å². The number of nitrogens with zero attached hydrogens (tertiary/aromatic N) is 1. The standard InChI is InChI=1S/C15H24N2O/c1-13-7-8-17(12-13)9-10-18-15-5-3-14(4-6-15)11-16-2/h3-6,13,16H,7-12H2,1-2H3. The lowest BCUT2D eigenvalue weighted by Gasteiger charge is -2.15. The van der Waals surface area contributed by atoms with Crippen LogP contribution in [0.4, 0.5) is 0 Å². The van der Waals surface area contributed by atoms with E-state index in [0.717, 1.165) is 31.4 Å². The van der Waals surface area contributed by atoms with E-state index in [1.54, 1.807) is 0 Å². The molecule has 1 heterocycles. The van der Waals surface area contributed by atoms with Gasteiger partial charge in [0.1, 0.15) is 12.4 Å². The minimum atomic E-state index is 0.790. The molecule has 0 saturated carbocycles. The summed E-state index contributed by atoms with van der Waals surface area (Å²) >= 11 is 0. The SMILES string of the molecule is CNCc1ccc(OCCN2CCC(C)C2)cc1. The van der Waals surface area contributed by atoms with Crippen LogP contribution in [0, 0.1) is 5.92 Å². The van der Waals surface area contributed by atoms with Crippen molar-refractivity contribution in [3.05, 3.63) is 29.8 Å². The normalized spacial score (nSPS) is 20.2. The molecule has 1 aliphatic rings. The summed E-state index contributed by atoms with van der Waals surface area (Å²) in [5.74, 6) is 1.83. The third-order valence-electron chi connectivity index (χ3n) is 3.49. The molecule has 0 radical (unpaired) electrons. The van der Waals surface area contributed by atoms with E-state index < -0.39 is 0 Å². The molecule has 0 amide bonds. The molecule has 1 unspecified atom stereocenters.